The van der Waals surface area contributed by atoms with E-state index < -0.39 is 0 Å². The summed E-state index contributed by atoms with van der Waals surface area (Å²) in [5.74, 6) is 0.383. The first-order valence-corrected chi connectivity index (χ1v) is 7.63. The Labute approximate surface area is 130 Å². The van der Waals surface area contributed by atoms with Crippen molar-refractivity contribution in [2.24, 2.45) is 0 Å². The number of hydrogen-bond acceptors (Lipinski definition) is 5. The SMILES string of the molecule is COc1ccc(NC(=O)CN2CCC3(CC2)OCCO3)cc1. The van der Waals surface area contributed by atoms with Gasteiger partial charge in [-0.1, -0.05) is 0 Å². The third-order valence-corrected chi connectivity index (χ3v) is 4.17. The van der Waals surface area contributed by atoms with Gasteiger partial charge in [0.2, 0.25) is 5.91 Å². The van der Waals surface area contributed by atoms with Crippen LogP contribution in [0.15, 0.2) is 24.3 Å². The zero-order chi connectivity index (χ0) is 15.4. The molecule has 1 amide bonds. The number of likely N-dealkylation sites (tertiary alicyclic amines) is 1. The highest BCUT2D eigenvalue weighted by molar-refractivity contribution is 5.92. The van der Waals surface area contributed by atoms with E-state index in [1.54, 1.807) is 7.11 Å². The van der Waals surface area contributed by atoms with E-state index in [9.17, 15) is 4.79 Å². The lowest BCUT2D eigenvalue weighted by atomic mass is 10.0. The van der Waals surface area contributed by atoms with Crippen molar-refractivity contribution in [1.29, 1.82) is 0 Å². The molecule has 2 aliphatic heterocycles. The zero-order valence-electron chi connectivity index (χ0n) is 12.8. The number of ether oxygens (including phenoxy) is 3. The second-order valence-corrected chi connectivity index (χ2v) is 5.66. The molecule has 2 saturated heterocycles. The van der Waals surface area contributed by atoms with Crippen molar-refractivity contribution >= 4 is 11.6 Å². The molecule has 1 N–H and O–H groups in total. The quantitative estimate of drug-likeness (QED) is 0.913. The van der Waals surface area contributed by atoms with Crippen molar-refractivity contribution in [3.05, 3.63) is 24.3 Å². The van der Waals surface area contributed by atoms with Crippen molar-refractivity contribution in [2.45, 2.75) is 18.6 Å². The first kappa shape index (κ1) is 15.3. The Morgan fingerprint density at radius 1 is 1.23 bits per heavy atom. The van der Waals surface area contributed by atoms with Gasteiger partial charge in [-0.2, -0.15) is 0 Å². The molecule has 6 nitrogen and oxygen atoms in total. The predicted molar refractivity (Wildman–Crippen MR) is 81.9 cm³/mol. The van der Waals surface area contributed by atoms with Crippen LogP contribution < -0.4 is 10.1 Å². The lowest BCUT2D eigenvalue weighted by Gasteiger charge is -2.37. The Morgan fingerprint density at radius 3 is 2.45 bits per heavy atom. The van der Waals surface area contributed by atoms with E-state index in [-0.39, 0.29) is 11.7 Å². The maximum atomic E-state index is 12.1. The van der Waals surface area contributed by atoms with E-state index in [4.69, 9.17) is 14.2 Å². The minimum atomic E-state index is -0.386. The second-order valence-electron chi connectivity index (χ2n) is 5.66. The molecular formula is C16H22N2O4. The van der Waals surface area contributed by atoms with Gasteiger partial charge >= 0.3 is 0 Å². The van der Waals surface area contributed by atoms with Crippen LogP contribution in [0.3, 0.4) is 0 Å². The molecule has 0 aromatic heterocycles. The fraction of sp³-hybridized carbons (Fsp3) is 0.562. The number of piperidine rings is 1. The summed E-state index contributed by atoms with van der Waals surface area (Å²) in [5.41, 5.74) is 0.779. The van der Waals surface area contributed by atoms with Gasteiger partial charge in [-0.05, 0) is 24.3 Å². The third-order valence-electron chi connectivity index (χ3n) is 4.17. The molecule has 0 saturated carbocycles. The molecule has 2 aliphatic rings. The molecule has 1 aromatic rings. The molecule has 22 heavy (non-hydrogen) atoms. The largest absolute Gasteiger partial charge is 0.497 e. The minimum absolute atomic E-state index is 0.00521. The molecule has 0 bridgehead atoms. The molecular weight excluding hydrogens is 284 g/mol. The number of hydrogen-bond donors (Lipinski definition) is 1. The molecule has 120 valence electrons. The Bertz CT molecular complexity index is 501. The summed E-state index contributed by atoms with van der Waals surface area (Å²) in [6.45, 7) is 3.38. The Morgan fingerprint density at radius 2 is 1.86 bits per heavy atom. The van der Waals surface area contributed by atoms with Gasteiger partial charge in [0.15, 0.2) is 5.79 Å². The Kier molecular flexibility index (Phi) is 4.61. The van der Waals surface area contributed by atoms with E-state index in [2.05, 4.69) is 10.2 Å². The topological polar surface area (TPSA) is 60.0 Å². The maximum Gasteiger partial charge on any atom is 0.238 e. The van der Waals surface area contributed by atoms with Crippen LogP contribution in [-0.2, 0) is 14.3 Å². The summed E-state index contributed by atoms with van der Waals surface area (Å²) in [7, 11) is 1.62. The summed E-state index contributed by atoms with van der Waals surface area (Å²) >= 11 is 0. The smallest absolute Gasteiger partial charge is 0.238 e. The average molecular weight is 306 g/mol. The highest BCUT2D eigenvalue weighted by Gasteiger charge is 2.39. The van der Waals surface area contributed by atoms with Crippen LogP contribution >= 0.6 is 0 Å². The summed E-state index contributed by atoms with van der Waals surface area (Å²) in [6.07, 6.45) is 1.64. The molecule has 2 fully saturated rings. The molecule has 1 spiro atoms. The van der Waals surface area contributed by atoms with Crippen LogP contribution in [-0.4, -0.2) is 56.6 Å². The summed E-state index contributed by atoms with van der Waals surface area (Å²) in [5, 5.41) is 2.90. The van der Waals surface area contributed by atoms with E-state index in [1.807, 2.05) is 24.3 Å². The van der Waals surface area contributed by atoms with Crippen LogP contribution in [0.5, 0.6) is 5.75 Å². The van der Waals surface area contributed by atoms with Gasteiger partial charge in [0.05, 0.1) is 26.9 Å². The first-order valence-electron chi connectivity index (χ1n) is 7.63. The fourth-order valence-electron chi connectivity index (χ4n) is 2.92. The average Bonchev–Trinajstić information content (AvgIpc) is 2.99. The van der Waals surface area contributed by atoms with Crippen molar-refractivity contribution in [3.8, 4) is 5.75 Å². The molecule has 0 atom stereocenters. The molecule has 0 aliphatic carbocycles. The fourth-order valence-corrected chi connectivity index (χ4v) is 2.92. The molecule has 0 radical (unpaired) electrons. The van der Waals surface area contributed by atoms with Crippen molar-refractivity contribution < 1.29 is 19.0 Å². The highest BCUT2D eigenvalue weighted by Crippen LogP contribution is 2.31. The van der Waals surface area contributed by atoms with Crippen molar-refractivity contribution in [1.82, 2.24) is 4.90 Å². The van der Waals surface area contributed by atoms with Gasteiger partial charge < -0.3 is 19.5 Å². The number of methoxy groups -OCH3 is 1. The van der Waals surface area contributed by atoms with E-state index in [1.165, 1.54) is 0 Å². The number of carbonyl (C=O) groups excluding carboxylic acids is 1. The van der Waals surface area contributed by atoms with Gasteiger partial charge in [0.1, 0.15) is 5.75 Å². The van der Waals surface area contributed by atoms with Crippen molar-refractivity contribution in [3.63, 3.8) is 0 Å². The number of carbonyl (C=O) groups is 1. The van der Waals surface area contributed by atoms with Gasteiger partial charge in [0, 0.05) is 31.6 Å². The molecule has 2 heterocycles. The van der Waals surface area contributed by atoms with Crippen molar-refractivity contribution in [2.75, 3.05) is 45.3 Å². The standard InChI is InChI=1S/C16H22N2O4/c1-20-14-4-2-13(3-5-14)17-15(19)12-18-8-6-16(7-9-18)21-10-11-22-16/h2-5H,6-12H2,1H3,(H,17,19). The van der Waals surface area contributed by atoms with Gasteiger partial charge in [-0.25, -0.2) is 0 Å². The minimum Gasteiger partial charge on any atom is -0.497 e. The van der Waals surface area contributed by atoms with Crippen LogP contribution in [0.4, 0.5) is 5.69 Å². The number of anilines is 1. The normalized spacial score (nSPS) is 21.0. The molecule has 6 heteroatoms. The molecule has 0 unspecified atom stereocenters. The maximum absolute atomic E-state index is 12.1. The molecule has 3 rings (SSSR count). The second kappa shape index (κ2) is 6.64. The van der Waals surface area contributed by atoms with Crippen LogP contribution in [0.25, 0.3) is 0 Å². The van der Waals surface area contributed by atoms with Gasteiger partial charge in [-0.3, -0.25) is 9.69 Å². The number of amides is 1. The first-order chi connectivity index (χ1) is 10.7. The molecule has 1 aromatic carbocycles. The van der Waals surface area contributed by atoms with Crippen LogP contribution in [0.2, 0.25) is 0 Å². The number of nitrogens with one attached hydrogen (secondary N) is 1. The predicted octanol–water partition coefficient (Wildman–Crippen LogP) is 1.47. The number of benzene rings is 1. The third kappa shape index (κ3) is 3.58. The lowest BCUT2D eigenvalue weighted by Crippen LogP contribution is -2.47. The zero-order valence-corrected chi connectivity index (χ0v) is 12.8. The Balaban J connectivity index is 1.45. The van der Waals surface area contributed by atoms with Gasteiger partial charge in [0.25, 0.3) is 0 Å². The highest BCUT2D eigenvalue weighted by atomic mass is 16.7. The Hall–Kier alpha value is -1.63. The van der Waals surface area contributed by atoms with E-state index >= 15 is 0 Å². The van der Waals surface area contributed by atoms with E-state index in [0.29, 0.717) is 19.8 Å². The lowest BCUT2D eigenvalue weighted by molar-refractivity contribution is -0.185. The summed E-state index contributed by atoms with van der Waals surface area (Å²) < 4.78 is 16.5. The monoisotopic (exact) mass is 306 g/mol. The summed E-state index contributed by atoms with van der Waals surface area (Å²) in [6, 6.07) is 7.33. The number of rotatable bonds is 4. The van der Waals surface area contributed by atoms with Crippen LogP contribution in [0, 0.1) is 0 Å². The van der Waals surface area contributed by atoms with E-state index in [0.717, 1.165) is 37.4 Å². The number of nitrogens with zero attached hydrogens (tertiary/aromatic N) is 1. The van der Waals surface area contributed by atoms with Crippen LogP contribution in [0.1, 0.15) is 12.8 Å². The summed E-state index contributed by atoms with van der Waals surface area (Å²) in [4.78, 5) is 14.2. The van der Waals surface area contributed by atoms with Gasteiger partial charge in [-0.15, -0.1) is 0 Å².